The number of carbonyl (C=O) groups is 2. The maximum atomic E-state index is 14.1. The van der Waals surface area contributed by atoms with Gasteiger partial charge in [-0.3, -0.25) is 0 Å². The molecule has 7 heteroatoms. The number of halogens is 1. The summed E-state index contributed by atoms with van der Waals surface area (Å²) in [6.45, 7) is 10.1. The van der Waals surface area contributed by atoms with Gasteiger partial charge < -0.3 is 19.4 Å². The fourth-order valence-electron chi connectivity index (χ4n) is 3.76. The summed E-state index contributed by atoms with van der Waals surface area (Å²) in [6, 6.07) is 5.18. The van der Waals surface area contributed by atoms with Crippen molar-refractivity contribution in [2.45, 2.75) is 58.7 Å². The molecule has 2 heterocycles. The normalized spacial score (nSPS) is 18.8. The highest BCUT2D eigenvalue weighted by molar-refractivity contribution is 5.77. The van der Waals surface area contributed by atoms with Gasteiger partial charge in [0.2, 0.25) is 0 Å². The van der Waals surface area contributed by atoms with Gasteiger partial charge in [0.1, 0.15) is 11.4 Å². The molecule has 0 bridgehead atoms. The maximum absolute atomic E-state index is 14.1. The molecule has 2 saturated heterocycles. The van der Waals surface area contributed by atoms with E-state index in [-0.39, 0.29) is 30.5 Å². The van der Waals surface area contributed by atoms with Crippen LogP contribution < -0.4 is 0 Å². The van der Waals surface area contributed by atoms with Crippen LogP contribution in [0.5, 0.6) is 0 Å². The van der Waals surface area contributed by atoms with E-state index in [2.05, 4.69) is 0 Å². The van der Waals surface area contributed by atoms with Gasteiger partial charge in [-0.15, -0.1) is 0 Å². The van der Waals surface area contributed by atoms with E-state index in [9.17, 15) is 14.0 Å². The lowest BCUT2D eigenvalue weighted by molar-refractivity contribution is 0.0170. The molecule has 28 heavy (non-hydrogen) atoms. The summed E-state index contributed by atoms with van der Waals surface area (Å²) < 4.78 is 19.5. The number of amides is 3. The molecule has 0 atom stereocenters. The fourth-order valence-corrected chi connectivity index (χ4v) is 3.76. The van der Waals surface area contributed by atoms with Crippen molar-refractivity contribution < 1.29 is 18.7 Å². The Hall–Kier alpha value is -2.31. The standard InChI is InChI=1S/C21H30FN3O3/c1-15-5-6-16(18(22)13-15)14-24-11-12-25(19(24)26)17-7-9-23(10-8-17)20(27)28-21(2,3)4/h5-6,13,17H,7-12,14H2,1-4H3. The highest BCUT2D eigenvalue weighted by Crippen LogP contribution is 2.24. The predicted molar refractivity (Wildman–Crippen MR) is 104 cm³/mol. The molecule has 0 saturated carbocycles. The molecule has 0 aliphatic carbocycles. The smallest absolute Gasteiger partial charge is 0.410 e. The maximum Gasteiger partial charge on any atom is 0.410 e. The molecule has 0 N–H and O–H groups in total. The molecule has 0 spiro atoms. The summed E-state index contributed by atoms with van der Waals surface area (Å²) in [6.07, 6.45) is 1.17. The fraction of sp³-hybridized carbons (Fsp3) is 0.619. The Kier molecular flexibility index (Phi) is 5.82. The van der Waals surface area contributed by atoms with Gasteiger partial charge in [0.15, 0.2) is 0 Å². The minimum Gasteiger partial charge on any atom is -0.444 e. The van der Waals surface area contributed by atoms with Crippen molar-refractivity contribution in [1.29, 1.82) is 0 Å². The van der Waals surface area contributed by atoms with E-state index in [1.165, 1.54) is 6.07 Å². The molecule has 3 rings (SSSR count). The summed E-state index contributed by atoms with van der Waals surface area (Å²) in [5, 5.41) is 0. The number of hydrogen-bond acceptors (Lipinski definition) is 3. The molecular weight excluding hydrogens is 361 g/mol. The topological polar surface area (TPSA) is 53.1 Å². The quantitative estimate of drug-likeness (QED) is 0.788. The van der Waals surface area contributed by atoms with Gasteiger partial charge in [-0.25, -0.2) is 14.0 Å². The van der Waals surface area contributed by atoms with E-state index in [4.69, 9.17) is 4.74 Å². The highest BCUT2D eigenvalue weighted by Gasteiger charge is 2.36. The molecule has 154 valence electrons. The van der Waals surface area contributed by atoms with Gasteiger partial charge in [0.05, 0.1) is 6.54 Å². The second-order valence-electron chi connectivity index (χ2n) is 8.69. The van der Waals surface area contributed by atoms with Crippen molar-refractivity contribution in [2.75, 3.05) is 26.2 Å². The molecule has 2 aliphatic rings. The zero-order valence-electron chi connectivity index (χ0n) is 17.2. The third-order valence-corrected chi connectivity index (χ3v) is 5.25. The predicted octanol–water partition coefficient (Wildman–Crippen LogP) is 3.77. The molecule has 0 unspecified atom stereocenters. The average Bonchev–Trinajstić information content (AvgIpc) is 2.97. The lowest BCUT2D eigenvalue weighted by atomic mass is 10.0. The van der Waals surface area contributed by atoms with Crippen LogP contribution in [0.1, 0.15) is 44.7 Å². The van der Waals surface area contributed by atoms with E-state index in [1.54, 1.807) is 15.9 Å². The Morgan fingerprint density at radius 2 is 1.86 bits per heavy atom. The van der Waals surface area contributed by atoms with Gasteiger partial charge in [-0.2, -0.15) is 0 Å². The van der Waals surface area contributed by atoms with Crippen LogP contribution in [0.25, 0.3) is 0 Å². The summed E-state index contributed by atoms with van der Waals surface area (Å²) in [4.78, 5) is 30.3. The number of hydrogen-bond donors (Lipinski definition) is 0. The van der Waals surface area contributed by atoms with Gasteiger partial charge >= 0.3 is 12.1 Å². The summed E-state index contributed by atoms with van der Waals surface area (Å²) >= 11 is 0. The lowest BCUT2D eigenvalue weighted by Gasteiger charge is -2.37. The van der Waals surface area contributed by atoms with Crippen molar-refractivity contribution in [3.63, 3.8) is 0 Å². The van der Waals surface area contributed by atoms with Crippen molar-refractivity contribution >= 4 is 12.1 Å². The van der Waals surface area contributed by atoms with E-state index in [0.29, 0.717) is 31.7 Å². The molecule has 0 aromatic heterocycles. The van der Waals surface area contributed by atoms with Gasteiger partial charge in [0, 0.05) is 37.8 Å². The number of rotatable bonds is 3. The summed E-state index contributed by atoms with van der Waals surface area (Å²) in [5.74, 6) is -0.267. The zero-order chi connectivity index (χ0) is 20.5. The van der Waals surface area contributed by atoms with E-state index in [1.807, 2.05) is 38.7 Å². The first-order chi connectivity index (χ1) is 13.1. The number of likely N-dealkylation sites (tertiary alicyclic amines) is 1. The van der Waals surface area contributed by atoms with Crippen molar-refractivity contribution in [1.82, 2.24) is 14.7 Å². The van der Waals surface area contributed by atoms with Gasteiger partial charge in [-0.1, -0.05) is 12.1 Å². The minimum absolute atomic E-state index is 0.0457. The number of aryl methyl sites for hydroxylation is 1. The molecule has 3 amide bonds. The molecule has 1 aromatic rings. The molecule has 2 aliphatic heterocycles. The molecular formula is C21H30FN3O3. The van der Waals surface area contributed by atoms with Crippen LogP contribution in [-0.4, -0.2) is 64.6 Å². The summed E-state index contributed by atoms with van der Waals surface area (Å²) in [7, 11) is 0. The Labute approximate surface area is 166 Å². The number of piperidine rings is 1. The first kappa shape index (κ1) is 20.4. The number of nitrogens with zero attached hydrogens (tertiary/aromatic N) is 3. The lowest BCUT2D eigenvalue weighted by Crippen LogP contribution is -2.49. The third kappa shape index (κ3) is 4.75. The minimum atomic E-state index is -0.509. The first-order valence-electron chi connectivity index (χ1n) is 9.92. The Morgan fingerprint density at radius 1 is 1.18 bits per heavy atom. The third-order valence-electron chi connectivity index (χ3n) is 5.25. The van der Waals surface area contributed by atoms with Crippen LogP contribution in [0.3, 0.4) is 0 Å². The molecule has 6 nitrogen and oxygen atoms in total. The van der Waals surface area contributed by atoms with Crippen LogP contribution >= 0.6 is 0 Å². The monoisotopic (exact) mass is 391 g/mol. The van der Waals surface area contributed by atoms with Gasteiger partial charge in [0.25, 0.3) is 0 Å². The zero-order valence-corrected chi connectivity index (χ0v) is 17.2. The summed E-state index contributed by atoms with van der Waals surface area (Å²) in [5.41, 5.74) is 0.901. The van der Waals surface area contributed by atoms with Crippen molar-refractivity contribution in [3.8, 4) is 0 Å². The van der Waals surface area contributed by atoms with Crippen LogP contribution in [-0.2, 0) is 11.3 Å². The largest absolute Gasteiger partial charge is 0.444 e. The molecule has 1 aromatic carbocycles. The van der Waals surface area contributed by atoms with E-state index < -0.39 is 5.60 Å². The van der Waals surface area contributed by atoms with Crippen LogP contribution in [0.15, 0.2) is 18.2 Å². The van der Waals surface area contributed by atoms with Crippen LogP contribution in [0, 0.1) is 12.7 Å². The Morgan fingerprint density at radius 3 is 2.46 bits per heavy atom. The Bertz CT molecular complexity index is 739. The average molecular weight is 391 g/mol. The second kappa shape index (κ2) is 7.97. The number of carbonyl (C=O) groups excluding carboxylic acids is 2. The van der Waals surface area contributed by atoms with Crippen molar-refractivity contribution in [3.05, 3.63) is 35.1 Å². The van der Waals surface area contributed by atoms with Crippen LogP contribution in [0.2, 0.25) is 0 Å². The SMILES string of the molecule is Cc1ccc(CN2CCN(C3CCN(C(=O)OC(C)(C)C)CC3)C2=O)c(F)c1. The van der Waals surface area contributed by atoms with Crippen molar-refractivity contribution in [2.24, 2.45) is 0 Å². The van der Waals surface area contributed by atoms with Gasteiger partial charge in [-0.05, 0) is 52.2 Å². The molecule has 2 fully saturated rings. The number of benzene rings is 1. The first-order valence-corrected chi connectivity index (χ1v) is 9.92. The second-order valence-corrected chi connectivity index (χ2v) is 8.69. The number of ether oxygens (including phenoxy) is 1. The highest BCUT2D eigenvalue weighted by atomic mass is 19.1. The van der Waals surface area contributed by atoms with E-state index in [0.717, 1.165) is 18.4 Å². The van der Waals surface area contributed by atoms with E-state index >= 15 is 0 Å². The van der Waals surface area contributed by atoms with Crippen LogP contribution in [0.4, 0.5) is 14.0 Å². The molecule has 0 radical (unpaired) electrons. The Balaban J connectivity index is 1.54. The number of urea groups is 1.